The fourth-order valence-corrected chi connectivity index (χ4v) is 2.84. The van der Waals surface area contributed by atoms with E-state index in [1.54, 1.807) is 0 Å². The van der Waals surface area contributed by atoms with Crippen LogP contribution in [0.15, 0.2) is 74.3 Å². The average Bonchev–Trinajstić information content (AvgIpc) is 2.89. The zero-order valence-corrected chi connectivity index (χ0v) is 22.7. The molecule has 0 spiro atoms. The van der Waals surface area contributed by atoms with E-state index in [4.69, 9.17) is 28.4 Å². The van der Waals surface area contributed by atoms with Crippen LogP contribution in [0.4, 0.5) is 0 Å². The molecule has 0 saturated heterocycles. The van der Waals surface area contributed by atoms with E-state index in [2.05, 4.69) is 26.3 Å². The minimum Gasteiger partial charge on any atom is -0.491 e. The summed E-state index contributed by atoms with van der Waals surface area (Å²) < 4.78 is 33.6. The van der Waals surface area contributed by atoms with E-state index in [-0.39, 0.29) is 38.6 Å². The van der Waals surface area contributed by atoms with Gasteiger partial charge in [0.05, 0.1) is 37.6 Å². The zero-order chi connectivity index (χ0) is 27.8. The van der Waals surface area contributed by atoms with Crippen molar-refractivity contribution < 1.29 is 38.6 Å². The van der Waals surface area contributed by atoms with Gasteiger partial charge in [-0.2, -0.15) is 0 Å². The van der Waals surface area contributed by atoms with E-state index < -0.39 is 17.8 Å². The summed E-state index contributed by atoms with van der Waals surface area (Å²) in [5.41, 5.74) is 0.433. The Hall–Kier alpha value is -2.62. The van der Waals surface area contributed by atoms with Crippen LogP contribution in [0, 0.1) is 0 Å². The lowest BCUT2D eigenvalue weighted by Crippen LogP contribution is -2.30. The molecule has 8 nitrogen and oxygen atoms in total. The van der Waals surface area contributed by atoms with Gasteiger partial charge in [0.1, 0.15) is 49.3 Å². The molecule has 8 heteroatoms. The molecule has 4 unspecified atom stereocenters. The fraction of sp³-hybridized carbons (Fsp3) is 0.517. The van der Waals surface area contributed by atoms with Gasteiger partial charge in [0.2, 0.25) is 0 Å². The van der Waals surface area contributed by atoms with Crippen molar-refractivity contribution in [1.82, 2.24) is 0 Å². The maximum Gasteiger partial charge on any atom is 0.119 e. The Morgan fingerprint density at radius 2 is 1.24 bits per heavy atom. The third-order valence-electron chi connectivity index (χ3n) is 5.24. The quantitative estimate of drug-likeness (QED) is 0.183. The van der Waals surface area contributed by atoms with Gasteiger partial charge in [0, 0.05) is 0 Å². The summed E-state index contributed by atoms with van der Waals surface area (Å²) in [5, 5.41) is 19.9. The summed E-state index contributed by atoms with van der Waals surface area (Å²) in [4.78, 5) is 0. The number of benzene rings is 1. The highest BCUT2D eigenvalue weighted by atomic mass is 16.6. The standard InChI is InChI=1S/C29H44O8/c1-9-21(3)32-17-26(30)19-34-23(5)15-36-28-13-11-25(12-14-28)29(7,8)37-16-24(6)35-20-27(31)18-33-22(4)10-2/h9-14,23-24,26-27,30-31H,1-4,15-20H2,5-8H3. The maximum atomic E-state index is 9.95. The molecule has 0 aromatic heterocycles. The summed E-state index contributed by atoms with van der Waals surface area (Å²) in [6, 6.07) is 7.66. The van der Waals surface area contributed by atoms with Gasteiger partial charge in [0.15, 0.2) is 0 Å². The molecule has 0 amide bonds. The van der Waals surface area contributed by atoms with Gasteiger partial charge in [-0.15, -0.1) is 0 Å². The Morgan fingerprint density at radius 3 is 1.70 bits per heavy atom. The molecule has 0 heterocycles. The third kappa shape index (κ3) is 14.0. The molecule has 0 aliphatic heterocycles. The molecule has 0 bridgehead atoms. The fourth-order valence-electron chi connectivity index (χ4n) is 2.84. The zero-order valence-electron chi connectivity index (χ0n) is 22.7. The van der Waals surface area contributed by atoms with Crippen molar-refractivity contribution in [3.05, 3.63) is 79.8 Å². The Labute approximate surface area is 221 Å². The lowest BCUT2D eigenvalue weighted by atomic mass is 9.98. The van der Waals surface area contributed by atoms with Gasteiger partial charge in [-0.3, -0.25) is 0 Å². The smallest absolute Gasteiger partial charge is 0.119 e. The number of hydrogen-bond acceptors (Lipinski definition) is 8. The SMILES string of the molecule is C=CC(=C)OCC(O)COC(C)COc1ccc(C(C)(C)OCC(C)OCC(O)COC(=C)C=C)cc1. The first-order valence-electron chi connectivity index (χ1n) is 12.3. The second kappa shape index (κ2) is 17.0. The molecule has 1 aromatic carbocycles. The number of rotatable bonds is 21. The van der Waals surface area contributed by atoms with Crippen molar-refractivity contribution in [2.75, 3.05) is 39.6 Å². The Bertz CT molecular complexity index is 833. The number of aliphatic hydroxyl groups is 2. The van der Waals surface area contributed by atoms with Crippen LogP contribution in [0.1, 0.15) is 33.3 Å². The average molecular weight is 521 g/mol. The Balaban J connectivity index is 2.37. The molecule has 0 aliphatic rings. The molecule has 4 atom stereocenters. The minimum absolute atomic E-state index is 0.0894. The van der Waals surface area contributed by atoms with Crippen molar-refractivity contribution in [2.24, 2.45) is 0 Å². The molecule has 0 aliphatic carbocycles. The molecule has 2 N–H and O–H groups in total. The molecule has 0 radical (unpaired) electrons. The predicted octanol–water partition coefficient (Wildman–Crippen LogP) is 4.28. The normalized spacial score (nSPS) is 14.6. The molecule has 1 aromatic rings. The summed E-state index contributed by atoms with van der Waals surface area (Å²) in [6.07, 6.45) is 0.989. The molecule has 1 rings (SSSR count). The van der Waals surface area contributed by atoms with E-state index in [1.807, 2.05) is 52.0 Å². The van der Waals surface area contributed by atoms with Crippen molar-refractivity contribution >= 4 is 0 Å². The number of allylic oxidation sites excluding steroid dienone is 2. The monoisotopic (exact) mass is 520 g/mol. The second-order valence-corrected chi connectivity index (χ2v) is 9.22. The lowest BCUT2D eigenvalue weighted by molar-refractivity contribution is -0.0953. The molecule has 37 heavy (non-hydrogen) atoms. The van der Waals surface area contributed by atoms with Gasteiger partial charge in [-0.1, -0.05) is 38.4 Å². The highest BCUT2D eigenvalue weighted by Crippen LogP contribution is 2.27. The van der Waals surface area contributed by atoms with Crippen LogP contribution in [0.3, 0.4) is 0 Å². The first-order valence-corrected chi connectivity index (χ1v) is 12.3. The van der Waals surface area contributed by atoms with Gasteiger partial charge in [0.25, 0.3) is 0 Å². The summed E-state index contributed by atoms with van der Waals surface area (Å²) in [7, 11) is 0. The van der Waals surface area contributed by atoms with Crippen LogP contribution < -0.4 is 4.74 Å². The topological polar surface area (TPSA) is 95.8 Å². The number of hydrogen-bond donors (Lipinski definition) is 2. The largest absolute Gasteiger partial charge is 0.491 e. The first kappa shape index (κ1) is 32.4. The van der Waals surface area contributed by atoms with Crippen LogP contribution in [0.2, 0.25) is 0 Å². The summed E-state index contributed by atoms with van der Waals surface area (Å²) in [6.45, 7) is 23.2. The highest BCUT2D eigenvalue weighted by Gasteiger charge is 2.23. The van der Waals surface area contributed by atoms with E-state index >= 15 is 0 Å². The summed E-state index contributed by atoms with van der Waals surface area (Å²) in [5.74, 6) is 1.51. The van der Waals surface area contributed by atoms with Gasteiger partial charge in [-0.05, 0) is 57.5 Å². The molecule has 0 saturated carbocycles. The Morgan fingerprint density at radius 1 is 0.784 bits per heavy atom. The summed E-state index contributed by atoms with van der Waals surface area (Å²) >= 11 is 0. The van der Waals surface area contributed by atoms with E-state index in [0.29, 0.717) is 30.5 Å². The number of aliphatic hydroxyl groups excluding tert-OH is 2. The minimum atomic E-state index is -0.769. The first-order chi connectivity index (χ1) is 17.5. The maximum absolute atomic E-state index is 9.95. The van der Waals surface area contributed by atoms with E-state index in [1.165, 1.54) is 12.2 Å². The molecule has 0 fully saturated rings. The molecular formula is C29H44O8. The van der Waals surface area contributed by atoms with Crippen molar-refractivity contribution in [3.63, 3.8) is 0 Å². The Kier molecular flexibility index (Phi) is 14.9. The lowest BCUT2D eigenvalue weighted by Gasteiger charge is -2.28. The van der Waals surface area contributed by atoms with Crippen molar-refractivity contribution in [1.29, 1.82) is 0 Å². The van der Waals surface area contributed by atoms with E-state index in [0.717, 1.165) is 5.56 Å². The van der Waals surface area contributed by atoms with Crippen LogP contribution >= 0.6 is 0 Å². The van der Waals surface area contributed by atoms with Crippen LogP contribution in [-0.4, -0.2) is 74.3 Å². The second-order valence-electron chi connectivity index (χ2n) is 9.22. The van der Waals surface area contributed by atoms with E-state index in [9.17, 15) is 10.2 Å². The van der Waals surface area contributed by atoms with Crippen molar-refractivity contribution in [3.8, 4) is 5.75 Å². The number of ether oxygens (including phenoxy) is 6. The third-order valence-corrected chi connectivity index (χ3v) is 5.24. The van der Waals surface area contributed by atoms with Crippen LogP contribution in [0.25, 0.3) is 0 Å². The van der Waals surface area contributed by atoms with Gasteiger partial charge >= 0.3 is 0 Å². The van der Waals surface area contributed by atoms with Crippen molar-refractivity contribution in [2.45, 2.75) is 57.7 Å². The van der Waals surface area contributed by atoms with Gasteiger partial charge < -0.3 is 38.6 Å². The molecular weight excluding hydrogens is 476 g/mol. The predicted molar refractivity (Wildman–Crippen MR) is 144 cm³/mol. The highest BCUT2D eigenvalue weighted by molar-refractivity contribution is 5.30. The molecule has 208 valence electrons. The van der Waals surface area contributed by atoms with Crippen LogP contribution in [-0.2, 0) is 29.3 Å². The van der Waals surface area contributed by atoms with Gasteiger partial charge in [-0.25, -0.2) is 0 Å². The van der Waals surface area contributed by atoms with Crippen LogP contribution in [0.5, 0.6) is 5.75 Å².